The fourth-order valence-corrected chi connectivity index (χ4v) is 5.08. The van der Waals surface area contributed by atoms with E-state index < -0.39 is 39.2 Å². The molecule has 0 bridgehead atoms. The van der Waals surface area contributed by atoms with Crippen molar-refractivity contribution in [1.29, 1.82) is 0 Å². The van der Waals surface area contributed by atoms with Gasteiger partial charge in [0, 0.05) is 23.5 Å². The SMILES string of the molecule is NS(=O)(=O)c1ccc(Cn2c(-c3ccc(F)cc3)cc(-c3nc(CF)cc(C(=O)O)n3)c2CC2CC2)cc1F. The van der Waals surface area contributed by atoms with E-state index in [0.717, 1.165) is 31.0 Å². The summed E-state index contributed by atoms with van der Waals surface area (Å²) in [7, 11) is -4.26. The normalized spacial score (nSPS) is 13.5. The second-order valence-electron chi connectivity index (χ2n) is 9.45. The van der Waals surface area contributed by atoms with Gasteiger partial charge in [-0.3, -0.25) is 0 Å². The topological polar surface area (TPSA) is 128 Å². The summed E-state index contributed by atoms with van der Waals surface area (Å²) in [5, 5.41) is 14.6. The minimum absolute atomic E-state index is 0.0241. The number of alkyl halides is 1. The first-order chi connectivity index (χ1) is 18.5. The third-order valence-corrected chi connectivity index (χ3v) is 7.49. The Kier molecular flexibility index (Phi) is 7.00. The van der Waals surface area contributed by atoms with Crippen molar-refractivity contribution in [2.75, 3.05) is 0 Å². The van der Waals surface area contributed by atoms with Gasteiger partial charge in [-0.25, -0.2) is 41.5 Å². The zero-order valence-corrected chi connectivity index (χ0v) is 21.3. The minimum atomic E-state index is -4.26. The van der Waals surface area contributed by atoms with Gasteiger partial charge in [-0.1, -0.05) is 6.07 Å². The van der Waals surface area contributed by atoms with Gasteiger partial charge in [0.2, 0.25) is 10.0 Å². The molecule has 0 saturated heterocycles. The highest BCUT2D eigenvalue weighted by Crippen LogP contribution is 2.39. The summed E-state index contributed by atoms with van der Waals surface area (Å²) in [6.07, 6.45) is 2.50. The number of aromatic carboxylic acids is 1. The van der Waals surface area contributed by atoms with E-state index in [-0.39, 0.29) is 23.8 Å². The van der Waals surface area contributed by atoms with Gasteiger partial charge >= 0.3 is 5.97 Å². The van der Waals surface area contributed by atoms with Gasteiger partial charge in [-0.2, -0.15) is 0 Å². The van der Waals surface area contributed by atoms with Gasteiger partial charge < -0.3 is 9.67 Å². The zero-order chi connectivity index (χ0) is 27.9. The molecule has 1 aliphatic rings. The Hall–Kier alpha value is -4.03. The van der Waals surface area contributed by atoms with Crippen molar-refractivity contribution in [2.45, 2.75) is 37.4 Å². The van der Waals surface area contributed by atoms with Crippen LogP contribution in [0.5, 0.6) is 0 Å². The highest BCUT2D eigenvalue weighted by Gasteiger charge is 2.28. The Morgan fingerprint density at radius 2 is 1.77 bits per heavy atom. The van der Waals surface area contributed by atoms with Gasteiger partial charge in [0.1, 0.15) is 23.2 Å². The van der Waals surface area contributed by atoms with Crippen LogP contribution in [0.3, 0.4) is 0 Å². The minimum Gasteiger partial charge on any atom is -0.477 e. The molecule has 2 heterocycles. The second-order valence-corrected chi connectivity index (χ2v) is 11.0. The molecule has 0 spiro atoms. The predicted octanol–water partition coefficient (Wildman–Crippen LogP) is 4.71. The third kappa shape index (κ3) is 5.71. The average molecular weight is 557 g/mol. The van der Waals surface area contributed by atoms with E-state index >= 15 is 0 Å². The number of hydrogen-bond donors (Lipinski definition) is 2. The number of carbonyl (C=O) groups is 1. The third-order valence-electron chi connectivity index (χ3n) is 6.55. The Bertz CT molecular complexity index is 1680. The first kappa shape index (κ1) is 26.6. The summed E-state index contributed by atoms with van der Waals surface area (Å²) >= 11 is 0. The summed E-state index contributed by atoms with van der Waals surface area (Å²) in [6, 6.07) is 12.1. The molecule has 1 aliphatic carbocycles. The lowest BCUT2D eigenvalue weighted by Gasteiger charge is -2.16. The number of halogens is 3. The van der Waals surface area contributed by atoms with Crippen LogP contribution in [0, 0.1) is 17.6 Å². The fourth-order valence-electron chi connectivity index (χ4n) is 4.49. The number of primary sulfonamides is 1. The lowest BCUT2D eigenvalue weighted by Crippen LogP contribution is -2.15. The number of carboxylic acid groups (broad SMARTS) is 1. The molecule has 0 amide bonds. The Morgan fingerprint density at radius 3 is 2.36 bits per heavy atom. The predicted molar refractivity (Wildman–Crippen MR) is 136 cm³/mol. The van der Waals surface area contributed by atoms with Crippen LogP contribution in [0.25, 0.3) is 22.6 Å². The van der Waals surface area contributed by atoms with Crippen LogP contribution in [0.2, 0.25) is 0 Å². The lowest BCUT2D eigenvalue weighted by molar-refractivity contribution is 0.0690. The largest absolute Gasteiger partial charge is 0.477 e. The number of hydrogen-bond acceptors (Lipinski definition) is 5. The van der Waals surface area contributed by atoms with Crippen LogP contribution >= 0.6 is 0 Å². The molecular formula is C27H23F3N4O4S. The van der Waals surface area contributed by atoms with Crippen LogP contribution in [0.1, 0.15) is 40.3 Å². The lowest BCUT2D eigenvalue weighted by atomic mass is 10.1. The van der Waals surface area contributed by atoms with Crippen molar-refractivity contribution in [3.05, 3.63) is 88.9 Å². The number of aromatic nitrogens is 3. The number of carboxylic acids is 1. The van der Waals surface area contributed by atoms with E-state index in [1.54, 1.807) is 18.2 Å². The average Bonchev–Trinajstić information content (AvgIpc) is 3.64. The molecule has 1 saturated carbocycles. The Morgan fingerprint density at radius 1 is 1.05 bits per heavy atom. The van der Waals surface area contributed by atoms with E-state index in [0.29, 0.717) is 40.4 Å². The number of sulfonamides is 1. The first-order valence-electron chi connectivity index (χ1n) is 12.0. The monoisotopic (exact) mass is 556 g/mol. The molecule has 2 aromatic carbocycles. The van der Waals surface area contributed by atoms with Crippen LogP contribution in [0.15, 0.2) is 59.5 Å². The van der Waals surface area contributed by atoms with E-state index in [4.69, 9.17) is 5.14 Å². The quantitative estimate of drug-likeness (QED) is 0.307. The van der Waals surface area contributed by atoms with Crippen molar-refractivity contribution < 1.29 is 31.5 Å². The van der Waals surface area contributed by atoms with E-state index in [2.05, 4.69) is 9.97 Å². The smallest absolute Gasteiger partial charge is 0.354 e. The van der Waals surface area contributed by atoms with Crippen molar-refractivity contribution in [3.63, 3.8) is 0 Å². The number of nitrogens with two attached hydrogens (primary N) is 1. The molecule has 2 aromatic heterocycles. The van der Waals surface area contributed by atoms with Gasteiger partial charge in [-0.05, 0) is 84.8 Å². The van der Waals surface area contributed by atoms with Crippen LogP contribution in [0.4, 0.5) is 13.2 Å². The first-order valence-corrected chi connectivity index (χ1v) is 13.5. The highest BCUT2D eigenvalue weighted by atomic mass is 32.2. The van der Waals surface area contributed by atoms with Crippen LogP contribution in [-0.4, -0.2) is 34.0 Å². The van der Waals surface area contributed by atoms with Crippen LogP contribution < -0.4 is 5.14 Å². The molecule has 8 nitrogen and oxygen atoms in total. The van der Waals surface area contributed by atoms with Gasteiger partial charge in [-0.15, -0.1) is 0 Å². The molecule has 202 valence electrons. The van der Waals surface area contributed by atoms with E-state index in [1.807, 2.05) is 4.57 Å². The molecular weight excluding hydrogens is 533 g/mol. The molecule has 5 rings (SSSR count). The molecule has 4 aromatic rings. The molecule has 0 aliphatic heterocycles. The zero-order valence-electron chi connectivity index (χ0n) is 20.4. The standard InChI is InChI=1S/C27H23F3N4O4S/c28-13-19-11-22(27(35)36)33-26(32-19)20-12-23(17-4-6-18(29)7-5-17)34(24(20)10-15-1-2-15)14-16-3-8-25(21(30)9-16)39(31,37)38/h3-9,11-12,15H,1-2,10,13-14H2,(H,35,36)(H2,31,37,38). The molecule has 1 fully saturated rings. The maximum Gasteiger partial charge on any atom is 0.354 e. The summed E-state index contributed by atoms with van der Waals surface area (Å²) in [5.41, 5.74) is 2.35. The molecule has 39 heavy (non-hydrogen) atoms. The van der Waals surface area contributed by atoms with Crippen molar-refractivity contribution in [1.82, 2.24) is 14.5 Å². The van der Waals surface area contributed by atoms with Gasteiger partial charge in [0.25, 0.3) is 0 Å². The molecule has 0 radical (unpaired) electrons. The summed E-state index contributed by atoms with van der Waals surface area (Å²) in [5.74, 6) is -2.42. The van der Waals surface area contributed by atoms with Crippen molar-refractivity contribution >= 4 is 16.0 Å². The number of rotatable bonds is 9. The summed E-state index contributed by atoms with van der Waals surface area (Å²) in [6.45, 7) is -0.903. The molecule has 3 N–H and O–H groups in total. The summed E-state index contributed by atoms with van der Waals surface area (Å²) < 4.78 is 67.3. The van der Waals surface area contributed by atoms with Crippen molar-refractivity contribution in [3.8, 4) is 22.6 Å². The van der Waals surface area contributed by atoms with E-state index in [9.17, 15) is 31.5 Å². The van der Waals surface area contributed by atoms with Crippen molar-refractivity contribution in [2.24, 2.45) is 11.1 Å². The number of benzene rings is 2. The maximum atomic E-state index is 14.7. The maximum absolute atomic E-state index is 14.7. The second kappa shape index (κ2) is 10.3. The summed E-state index contributed by atoms with van der Waals surface area (Å²) in [4.78, 5) is 19.5. The number of nitrogens with zero attached hydrogens (tertiary/aromatic N) is 3. The Labute approximate surface area is 222 Å². The fraction of sp³-hybridized carbons (Fsp3) is 0.222. The molecule has 0 unspecified atom stereocenters. The van der Waals surface area contributed by atoms with Gasteiger partial charge in [0.15, 0.2) is 11.5 Å². The van der Waals surface area contributed by atoms with E-state index in [1.165, 1.54) is 18.2 Å². The Balaban J connectivity index is 1.72. The highest BCUT2D eigenvalue weighted by molar-refractivity contribution is 7.89. The van der Waals surface area contributed by atoms with Crippen LogP contribution in [-0.2, 0) is 29.7 Å². The molecule has 12 heteroatoms. The molecule has 0 atom stereocenters. The van der Waals surface area contributed by atoms with Gasteiger partial charge in [0.05, 0.1) is 5.69 Å².